The fraction of sp³-hybridized carbons (Fsp3) is 0.154. The van der Waals surface area contributed by atoms with Gasteiger partial charge in [-0.1, -0.05) is 167 Å². The molecule has 7 aromatic carbocycles. The number of anilines is 3. The first kappa shape index (κ1) is 31.8. The molecule has 1 nitrogen and oxygen atoms in total. The molecule has 0 saturated carbocycles. The number of allylic oxidation sites excluding steroid dienone is 4. The van der Waals surface area contributed by atoms with E-state index in [1.165, 1.54) is 88.9 Å². The topological polar surface area (TPSA) is 3.24 Å². The number of hydrogen-bond acceptors (Lipinski definition) is 1. The Morgan fingerprint density at radius 2 is 1.11 bits per heavy atom. The molecule has 0 radical (unpaired) electrons. The third-order valence-corrected chi connectivity index (χ3v) is 12.3. The molecule has 0 spiro atoms. The van der Waals surface area contributed by atoms with Crippen molar-refractivity contribution in [3.8, 4) is 33.4 Å². The Bertz CT molecular complexity index is 2650. The largest absolute Gasteiger partial charge is 0.309 e. The molecule has 3 aliphatic rings. The number of hydrogen-bond donors (Lipinski definition) is 0. The van der Waals surface area contributed by atoms with Crippen LogP contribution in [0.4, 0.5) is 17.1 Å². The summed E-state index contributed by atoms with van der Waals surface area (Å²) in [6, 6.07) is 54.8. The Morgan fingerprint density at radius 3 is 1.85 bits per heavy atom. The van der Waals surface area contributed by atoms with E-state index in [9.17, 15) is 0 Å². The van der Waals surface area contributed by atoms with Crippen LogP contribution >= 0.6 is 0 Å². The van der Waals surface area contributed by atoms with Gasteiger partial charge in [0.25, 0.3) is 0 Å². The van der Waals surface area contributed by atoms with E-state index in [1.54, 1.807) is 0 Å². The van der Waals surface area contributed by atoms with Gasteiger partial charge in [0.2, 0.25) is 0 Å². The molecule has 0 unspecified atom stereocenters. The minimum atomic E-state index is -0.214. The van der Waals surface area contributed by atoms with Crippen molar-refractivity contribution in [1.82, 2.24) is 0 Å². The van der Waals surface area contributed by atoms with Crippen molar-refractivity contribution in [3.63, 3.8) is 0 Å². The highest BCUT2D eigenvalue weighted by Crippen LogP contribution is 2.60. The molecule has 7 aromatic rings. The molecule has 10 rings (SSSR count). The summed E-state index contributed by atoms with van der Waals surface area (Å²) >= 11 is 0. The summed E-state index contributed by atoms with van der Waals surface area (Å²) in [4.78, 5) is 2.58. The van der Waals surface area contributed by atoms with Crippen molar-refractivity contribution in [2.45, 2.75) is 51.4 Å². The van der Waals surface area contributed by atoms with Crippen molar-refractivity contribution < 1.29 is 0 Å². The molecule has 1 heteroatoms. The van der Waals surface area contributed by atoms with E-state index in [2.05, 4.69) is 196 Å². The third kappa shape index (κ3) is 4.70. The Kier molecular flexibility index (Phi) is 7.08. The summed E-state index contributed by atoms with van der Waals surface area (Å²) in [5.74, 6) is 0. The highest BCUT2D eigenvalue weighted by Gasteiger charge is 2.42. The van der Waals surface area contributed by atoms with Crippen LogP contribution in [0.3, 0.4) is 0 Å². The average Bonchev–Trinajstić information content (AvgIpc) is 3.58. The molecule has 0 bridgehead atoms. The van der Waals surface area contributed by atoms with Gasteiger partial charge in [-0.25, -0.2) is 0 Å². The van der Waals surface area contributed by atoms with Crippen LogP contribution in [-0.4, -0.2) is 0 Å². The highest BCUT2D eigenvalue weighted by atomic mass is 15.1. The van der Waals surface area contributed by atoms with Gasteiger partial charge in [0.15, 0.2) is 0 Å². The van der Waals surface area contributed by atoms with Crippen molar-refractivity contribution in [2.75, 3.05) is 4.90 Å². The minimum Gasteiger partial charge on any atom is -0.309 e. The molecule has 0 aliphatic heterocycles. The van der Waals surface area contributed by atoms with E-state index in [0.29, 0.717) is 0 Å². The van der Waals surface area contributed by atoms with Crippen LogP contribution in [0.5, 0.6) is 0 Å². The van der Waals surface area contributed by atoms with Gasteiger partial charge in [0.1, 0.15) is 0 Å². The summed E-state index contributed by atoms with van der Waals surface area (Å²) in [6.07, 6.45) is 8.90. The second-order valence-corrected chi connectivity index (χ2v) is 16.0. The monoisotopic (exact) mass is 681 g/mol. The maximum Gasteiger partial charge on any atom is 0.0622 e. The van der Waals surface area contributed by atoms with Crippen LogP contribution < -0.4 is 4.90 Å². The minimum absolute atomic E-state index is 0.117. The standard InChI is InChI=1S/C52H43N/c1-51(2)44-25-15-13-21-39(44)40-32-31-38(33-46(40)51)53(37-29-27-35(28-30-37)34-17-7-5-8-18-34)50-42-23-12-11-22-41(42)47(36-19-9-6-10-20-36)49-48(50)43-24-14-16-26-45(43)52(49,3)4/h5-7,9-17,19-33H,8,18H2,1-4H3. The number of fused-ring (bicyclic) bond motifs is 7. The van der Waals surface area contributed by atoms with Crippen LogP contribution in [0.25, 0.3) is 49.7 Å². The zero-order valence-electron chi connectivity index (χ0n) is 30.9. The van der Waals surface area contributed by atoms with Gasteiger partial charge in [0.05, 0.1) is 5.69 Å². The SMILES string of the molecule is CC1(C)c2ccccc2-c2ccc(N(c3ccc(C4=CC=CCC4)cc3)c3c4c(c(-c5ccccc5)c5ccccc35)C(C)(C)c3ccccc3-4)cc21. The average molecular weight is 682 g/mol. The fourth-order valence-corrected chi connectivity index (χ4v) is 9.73. The van der Waals surface area contributed by atoms with Gasteiger partial charge in [-0.15, -0.1) is 0 Å². The maximum absolute atomic E-state index is 2.58. The first-order valence-electron chi connectivity index (χ1n) is 19.1. The third-order valence-electron chi connectivity index (χ3n) is 12.3. The van der Waals surface area contributed by atoms with Gasteiger partial charge in [-0.05, 0) is 104 Å². The lowest BCUT2D eigenvalue weighted by Crippen LogP contribution is -2.19. The van der Waals surface area contributed by atoms with E-state index in [-0.39, 0.29) is 10.8 Å². The molecular formula is C52H43N. The van der Waals surface area contributed by atoms with E-state index < -0.39 is 0 Å². The van der Waals surface area contributed by atoms with Gasteiger partial charge < -0.3 is 4.90 Å². The second kappa shape index (κ2) is 11.8. The Hall–Kier alpha value is -5.92. The molecule has 0 aromatic heterocycles. The van der Waals surface area contributed by atoms with Crippen molar-refractivity contribution in [1.29, 1.82) is 0 Å². The predicted molar refractivity (Wildman–Crippen MR) is 226 cm³/mol. The summed E-state index contributed by atoms with van der Waals surface area (Å²) in [6.45, 7) is 9.60. The number of nitrogens with zero attached hydrogens (tertiary/aromatic N) is 1. The smallest absolute Gasteiger partial charge is 0.0622 e. The molecule has 256 valence electrons. The lowest BCUT2D eigenvalue weighted by molar-refractivity contribution is 0.660. The van der Waals surface area contributed by atoms with Gasteiger partial charge in [0, 0.05) is 33.2 Å². The van der Waals surface area contributed by atoms with E-state index in [0.717, 1.165) is 18.5 Å². The van der Waals surface area contributed by atoms with E-state index in [1.807, 2.05) is 0 Å². The second-order valence-electron chi connectivity index (χ2n) is 16.0. The molecule has 0 atom stereocenters. The summed E-state index contributed by atoms with van der Waals surface area (Å²) in [5, 5.41) is 2.54. The maximum atomic E-state index is 2.58. The Balaban J connectivity index is 1.31. The molecule has 0 N–H and O–H groups in total. The molecular weight excluding hydrogens is 639 g/mol. The van der Waals surface area contributed by atoms with Gasteiger partial charge >= 0.3 is 0 Å². The first-order valence-corrected chi connectivity index (χ1v) is 19.1. The zero-order chi connectivity index (χ0) is 35.9. The number of rotatable bonds is 5. The first-order chi connectivity index (χ1) is 25.8. The summed E-state index contributed by atoms with van der Waals surface area (Å²) in [7, 11) is 0. The molecule has 0 heterocycles. The Labute approximate surface area is 313 Å². The molecule has 0 saturated heterocycles. The summed E-state index contributed by atoms with van der Waals surface area (Å²) < 4.78 is 0. The van der Waals surface area contributed by atoms with Crippen molar-refractivity contribution in [2.24, 2.45) is 0 Å². The van der Waals surface area contributed by atoms with Gasteiger partial charge in [-0.2, -0.15) is 0 Å². The fourth-order valence-electron chi connectivity index (χ4n) is 9.73. The predicted octanol–water partition coefficient (Wildman–Crippen LogP) is 14.3. The molecule has 3 aliphatic carbocycles. The van der Waals surface area contributed by atoms with Gasteiger partial charge in [-0.3, -0.25) is 0 Å². The molecule has 53 heavy (non-hydrogen) atoms. The number of benzene rings is 7. The van der Waals surface area contributed by atoms with Crippen LogP contribution in [0, 0.1) is 0 Å². The quantitative estimate of drug-likeness (QED) is 0.175. The van der Waals surface area contributed by atoms with Crippen molar-refractivity contribution in [3.05, 3.63) is 192 Å². The lowest BCUT2D eigenvalue weighted by Gasteiger charge is -2.33. The normalized spacial score (nSPS) is 15.7. The van der Waals surface area contributed by atoms with Crippen molar-refractivity contribution >= 4 is 33.4 Å². The van der Waals surface area contributed by atoms with Crippen LogP contribution in [-0.2, 0) is 10.8 Å². The molecule has 0 amide bonds. The Morgan fingerprint density at radius 1 is 0.491 bits per heavy atom. The van der Waals surface area contributed by atoms with E-state index >= 15 is 0 Å². The van der Waals surface area contributed by atoms with Crippen LogP contribution in [0.15, 0.2) is 164 Å². The zero-order valence-corrected chi connectivity index (χ0v) is 30.9. The highest BCUT2D eigenvalue weighted by molar-refractivity contribution is 6.16. The molecule has 0 fully saturated rings. The van der Waals surface area contributed by atoms with E-state index in [4.69, 9.17) is 0 Å². The van der Waals surface area contributed by atoms with Crippen LogP contribution in [0.1, 0.15) is 68.4 Å². The summed E-state index contributed by atoms with van der Waals surface area (Å²) in [5.41, 5.74) is 19.4. The lowest BCUT2D eigenvalue weighted by atomic mass is 9.77. The van der Waals surface area contributed by atoms with Crippen LogP contribution in [0.2, 0.25) is 0 Å².